The lowest BCUT2D eigenvalue weighted by Crippen LogP contribution is -2.21. The van der Waals surface area contributed by atoms with Crippen LogP contribution in [0.15, 0.2) is 11.7 Å². The maximum atomic E-state index is 4.70. The van der Waals surface area contributed by atoms with Crippen molar-refractivity contribution in [3.63, 3.8) is 0 Å². The molecule has 0 radical (unpaired) electrons. The number of aryl methyl sites for hydroxylation is 1. The molecule has 2 aromatic heterocycles. The summed E-state index contributed by atoms with van der Waals surface area (Å²) in [5, 5.41) is 4.56. The lowest BCUT2D eigenvalue weighted by molar-refractivity contribution is 0.590. The Morgan fingerprint density at radius 2 is 2.24 bits per heavy atom. The van der Waals surface area contributed by atoms with E-state index in [4.69, 9.17) is 4.98 Å². The van der Waals surface area contributed by atoms with Gasteiger partial charge in [-0.2, -0.15) is 0 Å². The van der Waals surface area contributed by atoms with Crippen molar-refractivity contribution in [2.45, 2.75) is 39.8 Å². The standard InChI is InChI=1S/C12H17N3S2/c1-4-9-10(6-14-8(2)3)17-12(15-9)11-5-13-7-16-11/h5,7-8,14H,4,6H2,1-3H3. The Bertz CT molecular complexity index is 460. The van der Waals surface area contributed by atoms with Crippen molar-refractivity contribution in [1.82, 2.24) is 15.3 Å². The molecule has 1 N–H and O–H groups in total. The molecule has 2 heterocycles. The van der Waals surface area contributed by atoms with Gasteiger partial charge in [-0.05, 0) is 6.42 Å². The van der Waals surface area contributed by atoms with E-state index in [1.807, 2.05) is 11.7 Å². The van der Waals surface area contributed by atoms with Crippen molar-refractivity contribution in [2.75, 3.05) is 0 Å². The van der Waals surface area contributed by atoms with Crippen molar-refractivity contribution >= 4 is 22.7 Å². The molecule has 3 nitrogen and oxygen atoms in total. The quantitative estimate of drug-likeness (QED) is 0.903. The Labute approximate surface area is 110 Å². The molecule has 0 aromatic carbocycles. The van der Waals surface area contributed by atoms with E-state index in [1.54, 1.807) is 22.7 Å². The normalized spacial score (nSPS) is 11.3. The third-order valence-corrected chi connectivity index (χ3v) is 4.47. The van der Waals surface area contributed by atoms with Crippen LogP contribution < -0.4 is 5.32 Å². The maximum absolute atomic E-state index is 4.70. The molecule has 0 atom stereocenters. The first-order chi connectivity index (χ1) is 8.20. The van der Waals surface area contributed by atoms with Gasteiger partial charge in [-0.15, -0.1) is 22.7 Å². The van der Waals surface area contributed by atoms with Crippen molar-refractivity contribution in [2.24, 2.45) is 0 Å². The minimum absolute atomic E-state index is 0.508. The molecule has 0 bridgehead atoms. The van der Waals surface area contributed by atoms with Gasteiger partial charge in [0.05, 0.1) is 16.1 Å². The molecule has 92 valence electrons. The highest BCUT2D eigenvalue weighted by Gasteiger charge is 2.12. The van der Waals surface area contributed by atoms with Crippen LogP contribution in [0.25, 0.3) is 9.88 Å². The fourth-order valence-electron chi connectivity index (χ4n) is 1.52. The predicted molar refractivity (Wildman–Crippen MR) is 74.6 cm³/mol. The van der Waals surface area contributed by atoms with Crippen molar-refractivity contribution in [3.8, 4) is 9.88 Å². The summed E-state index contributed by atoms with van der Waals surface area (Å²) in [6.45, 7) is 7.40. The van der Waals surface area contributed by atoms with E-state index in [0.717, 1.165) is 18.0 Å². The lowest BCUT2D eigenvalue weighted by atomic mass is 10.3. The molecule has 2 rings (SSSR count). The van der Waals surface area contributed by atoms with E-state index in [0.29, 0.717) is 6.04 Å². The largest absolute Gasteiger partial charge is 0.310 e. The van der Waals surface area contributed by atoms with E-state index >= 15 is 0 Å². The number of hydrogen-bond acceptors (Lipinski definition) is 5. The van der Waals surface area contributed by atoms with Crippen LogP contribution >= 0.6 is 22.7 Å². The van der Waals surface area contributed by atoms with E-state index in [1.165, 1.54) is 15.4 Å². The lowest BCUT2D eigenvalue weighted by Gasteiger charge is -2.06. The zero-order valence-electron chi connectivity index (χ0n) is 10.4. The summed E-state index contributed by atoms with van der Waals surface area (Å²) in [6, 6.07) is 0.508. The van der Waals surface area contributed by atoms with Crippen LogP contribution in [-0.2, 0) is 13.0 Å². The predicted octanol–water partition coefficient (Wildman–Crippen LogP) is 3.33. The second kappa shape index (κ2) is 5.71. The number of aromatic nitrogens is 2. The first-order valence-electron chi connectivity index (χ1n) is 5.81. The van der Waals surface area contributed by atoms with Gasteiger partial charge in [-0.25, -0.2) is 4.98 Å². The minimum atomic E-state index is 0.508. The van der Waals surface area contributed by atoms with Gasteiger partial charge in [0.15, 0.2) is 0 Å². The molecule has 0 aliphatic heterocycles. The minimum Gasteiger partial charge on any atom is -0.310 e. The SMILES string of the molecule is CCc1nc(-c2cncs2)sc1CNC(C)C. The summed E-state index contributed by atoms with van der Waals surface area (Å²) in [7, 11) is 0. The molecule has 0 spiro atoms. The molecule has 5 heteroatoms. The molecular weight excluding hydrogens is 250 g/mol. The summed E-state index contributed by atoms with van der Waals surface area (Å²) < 4.78 is 0. The average Bonchev–Trinajstić information content (AvgIpc) is 2.94. The molecule has 0 amide bonds. The highest BCUT2D eigenvalue weighted by molar-refractivity contribution is 7.20. The van der Waals surface area contributed by atoms with E-state index in [2.05, 4.69) is 31.1 Å². The van der Waals surface area contributed by atoms with Gasteiger partial charge in [-0.3, -0.25) is 4.98 Å². The maximum Gasteiger partial charge on any atom is 0.135 e. The summed E-state index contributed by atoms with van der Waals surface area (Å²) >= 11 is 3.43. The monoisotopic (exact) mass is 267 g/mol. The Hall–Kier alpha value is -0.780. The highest BCUT2D eigenvalue weighted by atomic mass is 32.1. The van der Waals surface area contributed by atoms with E-state index in [-0.39, 0.29) is 0 Å². The highest BCUT2D eigenvalue weighted by Crippen LogP contribution is 2.30. The zero-order chi connectivity index (χ0) is 12.3. The van der Waals surface area contributed by atoms with E-state index in [9.17, 15) is 0 Å². The molecule has 17 heavy (non-hydrogen) atoms. The molecule has 0 saturated carbocycles. The molecule has 0 saturated heterocycles. The van der Waals surface area contributed by atoms with Gasteiger partial charge in [-0.1, -0.05) is 20.8 Å². The second-order valence-corrected chi connectivity index (χ2v) is 6.11. The van der Waals surface area contributed by atoms with Gasteiger partial charge in [0.25, 0.3) is 0 Å². The Morgan fingerprint density at radius 3 is 2.82 bits per heavy atom. The van der Waals surface area contributed by atoms with Crippen LogP contribution in [0.3, 0.4) is 0 Å². The van der Waals surface area contributed by atoms with Crippen molar-refractivity contribution < 1.29 is 0 Å². The third-order valence-electron chi connectivity index (χ3n) is 2.43. The van der Waals surface area contributed by atoms with Gasteiger partial charge in [0.1, 0.15) is 5.01 Å². The second-order valence-electron chi connectivity index (χ2n) is 4.14. The topological polar surface area (TPSA) is 37.8 Å². The summed E-state index contributed by atoms with van der Waals surface area (Å²) in [5.41, 5.74) is 3.07. The first kappa shape index (κ1) is 12.7. The molecule has 2 aromatic rings. The van der Waals surface area contributed by atoms with Crippen LogP contribution in [0.4, 0.5) is 0 Å². The number of thiazole rings is 2. The molecule has 0 fully saturated rings. The van der Waals surface area contributed by atoms with E-state index < -0.39 is 0 Å². The van der Waals surface area contributed by atoms with Gasteiger partial charge < -0.3 is 5.32 Å². The van der Waals surface area contributed by atoms with Crippen LogP contribution in [0, 0.1) is 0 Å². The number of rotatable bonds is 5. The zero-order valence-corrected chi connectivity index (χ0v) is 12.0. The fourth-order valence-corrected chi connectivity index (χ4v) is 3.30. The number of nitrogens with one attached hydrogen (secondary N) is 1. The third kappa shape index (κ3) is 3.12. The smallest absolute Gasteiger partial charge is 0.135 e. The first-order valence-corrected chi connectivity index (χ1v) is 7.51. The van der Waals surface area contributed by atoms with Crippen LogP contribution in [0.1, 0.15) is 31.3 Å². The number of hydrogen-bond donors (Lipinski definition) is 1. The summed E-state index contributed by atoms with van der Waals surface area (Å²) in [6.07, 6.45) is 2.88. The van der Waals surface area contributed by atoms with Crippen molar-refractivity contribution in [1.29, 1.82) is 0 Å². The van der Waals surface area contributed by atoms with Crippen LogP contribution in [0.2, 0.25) is 0 Å². The summed E-state index contributed by atoms with van der Waals surface area (Å²) in [4.78, 5) is 11.3. The fraction of sp³-hybridized carbons (Fsp3) is 0.500. The Balaban J connectivity index is 2.20. The molecular formula is C12H17N3S2. The Kier molecular flexibility index (Phi) is 4.25. The van der Waals surface area contributed by atoms with Crippen LogP contribution in [-0.4, -0.2) is 16.0 Å². The molecule has 0 unspecified atom stereocenters. The van der Waals surface area contributed by atoms with Crippen LogP contribution in [0.5, 0.6) is 0 Å². The Morgan fingerprint density at radius 1 is 1.41 bits per heavy atom. The van der Waals surface area contributed by atoms with Gasteiger partial charge >= 0.3 is 0 Å². The van der Waals surface area contributed by atoms with Crippen molar-refractivity contribution in [3.05, 3.63) is 22.3 Å². The van der Waals surface area contributed by atoms with Gasteiger partial charge in [0.2, 0.25) is 0 Å². The number of nitrogens with zero attached hydrogens (tertiary/aromatic N) is 2. The summed E-state index contributed by atoms with van der Waals surface area (Å²) in [5.74, 6) is 0. The van der Waals surface area contributed by atoms with Gasteiger partial charge in [0, 0.05) is 23.7 Å². The average molecular weight is 267 g/mol. The molecule has 0 aliphatic rings. The molecule has 0 aliphatic carbocycles.